The second-order valence-corrected chi connectivity index (χ2v) is 6.09. The molecule has 0 N–H and O–H groups in total. The van der Waals surface area contributed by atoms with Gasteiger partial charge in [-0.3, -0.25) is 0 Å². The minimum Gasteiger partial charge on any atom is -0.379 e. The van der Waals surface area contributed by atoms with Gasteiger partial charge in [0.1, 0.15) is 18.3 Å². The molecule has 1 rings (SSSR count). The highest BCUT2D eigenvalue weighted by molar-refractivity contribution is 4.89. The first-order valence-corrected chi connectivity index (χ1v) is 9.27. The fourth-order valence-corrected chi connectivity index (χ4v) is 2.57. The Bertz CT molecular complexity index is 274. The lowest BCUT2D eigenvalue weighted by Gasteiger charge is -2.24. The molecule has 0 aromatic rings. The monoisotopic (exact) mass is 332 g/mol. The normalized spacial score (nSPS) is 27.7. The van der Waals surface area contributed by atoms with E-state index >= 15 is 0 Å². The third-order valence-corrected chi connectivity index (χ3v) is 4.04. The first-order valence-electron chi connectivity index (χ1n) is 9.27. The Kier molecular flexibility index (Phi) is 11.9. The molecule has 0 saturated carbocycles. The zero-order chi connectivity index (χ0) is 16.9. The Labute approximate surface area is 142 Å². The molecule has 138 valence electrons. The Balaban J connectivity index is 2.57. The Morgan fingerprint density at radius 2 is 1.35 bits per heavy atom. The molecule has 0 aliphatic carbocycles. The van der Waals surface area contributed by atoms with Gasteiger partial charge in [-0.15, -0.1) is 0 Å². The highest BCUT2D eigenvalue weighted by Crippen LogP contribution is 2.28. The second-order valence-electron chi connectivity index (χ2n) is 6.09. The molecule has 0 bridgehead atoms. The van der Waals surface area contributed by atoms with E-state index in [0.29, 0.717) is 13.2 Å². The summed E-state index contributed by atoms with van der Waals surface area (Å²) in [4.78, 5) is 0. The number of unbranched alkanes of at least 4 members (excludes halogenated alkanes) is 3. The number of ether oxygens (including phenoxy) is 5. The van der Waals surface area contributed by atoms with E-state index in [1.807, 2.05) is 0 Å². The van der Waals surface area contributed by atoms with Crippen LogP contribution in [-0.4, -0.2) is 58.1 Å². The van der Waals surface area contributed by atoms with Crippen molar-refractivity contribution in [1.29, 1.82) is 0 Å². The predicted molar refractivity (Wildman–Crippen MR) is 90.7 cm³/mol. The summed E-state index contributed by atoms with van der Waals surface area (Å²) in [6, 6.07) is 0. The molecule has 0 aromatic heterocycles. The molecule has 1 heterocycles. The molecule has 1 fully saturated rings. The quantitative estimate of drug-likeness (QED) is 0.455. The van der Waals surface area contributed by atoms with E-state index in [1.54, 1.807) is 7.11 Å². The van der Waals surface area contributed by atoms with Crippen molar-refractivity contribution in [2.75, 3.05) is 33.5 Å². The van der Waals surface area contributed by atoms with E-state index in [0.717, 1.165) is 51.7 Å². The van der Waals surface area contributed by atoms with Gasteiger partial charge < -0.3 is 23.7 Å². The van der Waals surface area contributed by atoms with Gasteiger partial charge in [-0.05, 0) is 19.3 Å². The van der Waals surface area contributed by atoms with E-state index in [1.165, 1.54) is 0 Å². The summed E-state index contributed by atoms with van der Waals surface area (Å²) in [5.41, 5.74) is 0. The number of rotatable bonds is 14. The summed E-state index contributed by atoms with van der Waals surface area (Å²) < 4.78 is 29.3. The smallest absolute Gasteiger partial charge is 0.186 e. The van der Waals surface area contributed by atoms with Crippen molar-refractivity contribution in [3.8, 4) is 0 Å². The van der Waals surface area contributed by atoms with Gasteiger partial charge in [-0.1, -0.05) is 40.0 Å². The fraction of sp³-hybridized carbons (Fsp3) is 1.00. The van der Waals surface area contributed by atoms with Gasteiger partial charge in [0.15, 0.2) is 6.29 Å². The van der Waals surface area contributed by atoms with Gasteiger partial charge in [0.25, 0.3) is 0 Å². The highest BCUT2D eigenvalue weighted by Gasteiger charge is 2.46. The summed E-state index contributed by atoms with van der Waals surface area (Å²) in [5.74, 6) is 0. The third kappa shape index (κ3) is 7.48. The molecule has 23 heavy (non-hydrogen) atoms. The van der Waals surface area contributed by atoms with Crippen LogP contribution in [0.15, 0.2) is 0 Å². The number of hydrogen-bond donors (Lipinski definition) is 0. The van der Waals surface area contributed by atoms with E-state index in [9.17, 15) is 0 Å². The third-order valence-electron chi connectivity index (χ3n) is 4.04. The van der Waals surface area contributed by atoms with E-state index in [-0.39, 0.29) is 24.6 Å². The van der Waals surface area contributed by atoms with Gasteiger partial charge in [0.2, 0.25) is 0 Å². The molecule has 1 aliphatic heterocycles. The van der Waals surface area contributed by atoms with Gasteiger partial charge >= 0.3 is 0 Å². The summed E-state index contributed by atoms with van der Waals surface area (Å²) in [5, 5.41) is 0. The topological polar surface area (TPSA) is 46.2 Å². The summed E-state index contributed by atoms with van der Waals surface area (Å²) in [6.45, 7) is 9.20. The molecule has 0 amide bonds. The molecule has 1 saturated heterocycles. The number of hydrogen-bond acceptors (Lipinski definition) is 5. The molecule has 1 aliphatic rings. The lowest BCUT2D eigenvalue weighted by molar-refractivity contribution is -0.168. The van der Waals surface area contributed by atoms with Crippen molar-refractivity contribution in [3.05, 3.63) is 0 Å². The van der Waals surface area contributed by atoms with Crippen LogP contribution in [-0.2, 0) is 23.7 Å². The van der Waals surface area contributed by atoms with E-state index in [2.05, 4.69) is 20.8 Å². The largest absolute Gasteiger partial charge is 0.379 e. The van der Waals surface area contributed by atoms with Crippen molar-refractivity contribution < 1.29 is 23.7 Å². The minimum atomic E-state index is -0.377. The zero-order valence-electron chi connectivity index (χ0n) is 15.4. The second kappa shape index (κ2) is 13.1. The van der Waals surface area contributed by atoms with Gasteiger partial charge in [0.05, 0.1) is 6.61 Å². The van der Waals surface area contributed by atoms with Crippen LogP contribution in [0.3, 0.4) is 0 Å². The molecule has 0 radical (unpaired) electrons. The first-order chi connectivity index (χ1) is 11.3. The molecule has 4 atom stereocenters. The lowest BCUT2D eigenvalue weighted by atomic mass is 10.1. The van der Waals surface area contributed by atoms with Gasteiger partial charge in [-0.2, -0.15) is 0 Å². The van der Waals surface area contributed by atoms with Crippen molar-refractivity contribution in [2.45, 2.75) is 83.9 Å². The zero-order valence-corrected chi connectivity index (χ0v) is 15.4. The Morgan fingerprint density at radius 3 is 1.91 bits per heavy atom. The van der Waals surface area contributed by atoms with Gasteiger partial charge in [0, 0.05) is 26.9 Å². The maximum atomic E-state index is 6.08. The van der Waals surface area contributed by atoms with Crippen LogP contribution in [0.1, 0.15) is 59.3 Å². The first kappa shape index (κ1) is 20.8. The molecule has 0 spiro atoms. The summed E-state index contributed by atoms with van der Waals surface area (Å²) >= 11 is 0. The molecular weight excluding hydrogens is 296 g/mol. The average molecular weight is 332 g/mol. The predicted octanol–water partition coefficient (Wildman–Crippen LogP) is 3.55. The summed E-state index contributed by atoms with van der Waals surface area (Å²) in [7, 11) is 1.66. The van der Waals surface area contributed by atoms with Crippen LogP contribution in [0.5, 0.6) is 0 Å². The van der Waals surface area contributed by atoms with Crippen LogP contribution < -0.4 is 0 Å². The van der Waals surface area contributed by atoms with Crippen LogP contribution in [0, 0.1) is 0 Å². The molecular formula is C18H36O5. The Hall–Kier alpha value is -0.200. The van der Waals surface area contributed by atoms with E-state index in [4.69, 9.17) is 23.7 Å². The minimum absolute atomic E-state index is 0.120. The SMILES string of the molecule is CCCCOC[C@H]1O[C@@H](OC)C(OCCCC)C1OCCCC. The summed E-state index contributed by atoms with van der Waals surface area (Å²) in [6.07, 6.45) is 5.69. The Morgan fingerprint density at radius 1 is 0.783 bits per heavy atom. The van der Waals surface area contributed by atoms with Crippen LogP contribution >= 0.6 is 0 Å². The van der Waals surface area contributed by atoms with Crippen LogP contribution in [0.4, 0.5) is 0 Å². The van der Waals surface area contributed by atoms with Crippen molar-refractivity contribution in [1.82, 2.24) is 0 Å². The van der Waals surface area contributed by atoms with Crippen molar-refractivity contribution in [2.24, 2.45) is 0 Å². The van der Waals surface area contributed by atoms with E-state index < -0.39 is 0 Å². The molecule has 0 aromatic carbocycles. The molecule has 2 unspecified atom stereocenters. The average Bonchev–Trinajstić information content (AvgIpc) is 2.89. The maximum absolute atomic E-state index is 6.08. The molecule has 5 heteroatoms. The fourth-order valence-electron chi connectivity index (χ4n) is 2.57. The lowest BCUT2D eigenvalue weighted by Crippen LogP contribution is -2.40. The van der Waals surface area contributed by atoms with Crippen LogP contribution in [0.25, 0.3) is 0 Å². The maximum Gasteiger partial charge on any atom is 0.186 e. The molecule has 5 nitrogen and oxygen atoms in total. The number of methoxy groups -OCH3 is 1. The standard InChI is InChI=1S/C18H36O5/c1-5-8-11-20-14-15-16(21-12-9-6-2)17(18(19-4)23-15)22-13-10-7-3/h15-18H,5-14H2,1-4H3/t15-,16?,17?,18-/m1/s1. The van der Waals surface area contributed by atoms with Crippen molar-refractivity contribution >= 4 is 0 Å². The van der Waals surface area contributed by atoms with Crippen molar-refractivity contribution in [3.63, 3.8) is 0 Å². The highest BCUT2D eigenvalue weighted by atomic mass is 16.7. The van der Waals surface area contributed by atoms with Crippen LogP contribution in [0.2, 0.25) is 0 Å². The van der Waals surface area contributed by atoms with Gasteiger partial charge in [-0.25, -0.2) is 0 Å².